The van der Waals surface area contributed by atoms with Crippen LogP contribution in [0.3, 0.4) is 0 Å². The van der Waals surface area contributed by atoms with Crippen LogP contribution < -0.4 is 5.73 Å². The molecule has 0 aliphatic heterocycles. The van der Waals surface area contributed by atoms with E-state index in [0.29, 0.717) is 26.1 Å². The average Bonchev–Trinajstić information content (AvgIpc) is 3.01. The fourth-order valence-electron chi connectivity index (χ4n) is 2.30. The molecule has 0 radical (unpaired) electrons. The van der Waals surface area contributed by atoms with Crippen LogP contribution in [-0.2, 0) is 23.0 Å². The number of benzene rings is 1. The lowest BCUT2D eigenvalue weighted by Crippen LogP contribution is -2.37. The van der Waals surface area contributed by atoms with Crippen molar-refractivity contribution < 1.29 is 8.42 Å². The summed E-state index contributed by atoms with van der Waals surface area (Å²) in [6, 6.07) is 11.3. The second-order valence-electron chi connectivity index (χ2n) is 4.91. The van der Waals surface area contributed by atoms with E-state index in [2.05, 4.69) is 5.10 Å². The maximum absolute atomic E-state index is 12.8. The van der Waals surface area contributed by atoms with Crippen molar-refractivity contribution in [2.45, 2.75) is 24.9 Å². The predicted molar refractivity (Wildman–Crippen MR) is 93.1 cm³/mol. The molecule has 0 fully saturated rings. The number of halogens is 1. The lowest BCUT2D eigenvalue weighted by atomic mass is 10.1. The van der Waals surface area contributed by atoms with Gasteiger partial charge in [-0.25, -0.2) is 8.42 Å². The number of nitrogens with zero attached hydrogens (tertiary/aromatic N) is 3. The van der Waals surface area contributed by atoms with Crippen molar-refractivity contribution in [1.82, 2.24) is 14.1 Å². The second kappa shape index (κ2) is 9.02. The molecular formula is C15H23ClN4O2S. The molecule has 0 bridgehead atoms. The third-order valence-electron chi connectivity index (χ3n) is 3.45. The summed E-state index contributed by atoms with van der Waals surface area (Å²) in [6.07, 6.45) is 2.16. The van der Waals surface area contributed by atoms with Gasteiger partial charge >= 0.3 is 0 Å². The molecule has 128 valence electrons. The number of aromatic nitrogens is 2. The first-order valence-electron chi connectivity index (χ1n) is 7.35. The van der Waals surface area contributed by atoms with Gasteiger partial charge in [-0.1, -0.05) is 30.3 Å². The van der Waals surface area contributed by atoms with Crippen LogP contribution in [0.2, 0.25) is 0 Å². The fourth-order valence-corrected chi connectivity index (χ4v) is 3.92. The molecule has 0 saturated heterocycles. The van der Waals surface area contributed by atoms with E-state index in [0.717, 1.165) is 5.56 Å². The van der Waals surface area contributed by atoms with Crippen LogP contribution in [0.15, 0.2) is 47.6 Å². The van der Waals surface area contributed by atoms with Crippen LogP contribution in [0.25, 0.3) is 0 Å². The molecule has 0 unspecified atom stereocenters. The zero-order chi connectivity index (χ0) is 16.0. The number of hydrogen-bond donors (Lipinski definition) is 1. The molecule has 6 nitrogen and oxygen atoms in total. The summed E-state index contributed by atoms with van der Waals surface area (Å²) in [5.74, 6) is 0. The largest absolute Gasteiger partial charge is 0.329 e. The van der Waals surface area contributed by atoms with E-state index in [9.17, 15) is 8.42 Å². The van der Waals surface area contributed by atoms with E-state index in [1.54, 1.807) is 0 Å². The van der Waals surface area contributed by atoms with Gasteiger partial charge in [-0.3, -0.25) is 4.68 Å². The Morgan fingerprint density at radius 2 is 1.87 bits per heavy atom. The maximum Gasteiger partial charge on any atom is 0.260 e. The first kappa shape index (κ1) is 19.6. The number of sulfonamides is 1. The van der Waals surface area contributed by atoms with Crippen molar-refractivity contribution in [3.8, 4) is 0 Å². The quantitative estimate of drug-likeness (QED) is 0.775. The first-order valence-corrected chi connectivity index (χ1v) is 8.79. The summed E-state index contributed by atoms with van der Waals surface area (Å²) >= 11 is 0. The van der Waals surface area contributed by atoms with Crippen LogP contribution in [0.5, 0.6) is 0 Å². The van der Waals surface area contributed by atoms with E-state index in [4.69, 9.17) is 5.73 Å². The Morgan fingerprint density at radius 3 is 2.48 bits per heavy atom. The van der Waals surface area contributed by atoms with Crippen molar-refractivity contribution in [3.63, 3.8) is 0 Å². The molecule has 0 amide bonds. The highest BCUT2D eigenvalue weighted by molar-refractivity contribution is 7.89. The molecule has 1 aromatic heterocycles. The standard InChI is InChI=1S/C15H22N4O2S.ClH/c1-2-19-15(8-11-17-19)22(20,21)18(13-10-16)12-9-14-6-4-3-5-7-14;/h3-8,11H,2,9-10,12-13,16H2,1H3;1H. The molecule has 0 aliphatic carbocycles. The van der Waals surface area contributed by atoms with Gasteiger partial charge in [0.1, 0.15) is 0 Å². The number of rotatable bonds is 8. The SMILES string of the molecule is CCn1nccc1S(=O)(=O)N(CCN)CCc1ccccc1.Cl. The summed E-state index contributed by atoms with van der Waals surface area (Å²) < 4.78 is 28.5. The predicted octanol–water partition coefficient (Wildman–Crippen LogP) is 1.52. The van der Waals surface area contributed by atoms with Crippen molar-refractivity contribution >= 4 is 22.4 Å². The van der Waals surface area contributed by atoms with Gasteiger partial charge in [0, 0.05) is 26.2 Å². The van der Waals surface area contributed by atoms with Crippen LogP contribution in [0.1, 0.15) is 12.5 Å². The Kier molecular flexibility index (Phi) is 7.70. The van der Waals surface area contributed by atoms with Crippen LogP contribution in [0.4, 0.5) is 0 Å². The van der Waals surface area contributed by atoms with Crippen LogP contribution in [-0.4, -0.2) is 42.1 Å². The molecule has 2 N–H and O–H groups in total. The third-order valence-corrected chi connectivity index (χ3v) is 5.37. The molecule has 0 spiro atoms. The molecule has 0 saturated carbocycles. The average molecular weight is 359 g/mol. The van der Waals surface area contributed by atoms with E-state index in [1.807, 2.05) is 37.3 Å². The molecule has 8 heteroatoms. The number of nitrogens with two attached hydrogens (primary N) is 1. The Labute approximate surface area is 143 Å². The van der Waals surface area contributed by atoms with E-state index < -0.39 is 10.0 Å². The van der Waals surface area contributed by atoms with Crippen LogP contribution >= 0.6 is 12.4 Å². The molecule has 23 heavy (non-hydrogen) atoms. The third kappa shape index (κ3) is 4.78. The van der Waals surface area contributed by atoms with Crippen molar-refractivity contribution in [2.24, 2.45) is 5.73 Å². The van der Waals surface area contributed by atoms with Gasteiger partial charge in [-0.2, -0.15) is 9.40 Å². The van der Waals surface area contributed by atoms with E-state index in [1.165, 1.54) is 21.3 Å². The molecule has 0 aliphatic rings. The van der Waals surface area contributed by atoms with Crippen molar-refractivity contribution in [1.29, 1.82) is 0 Å². The molecule has 2 rings (SSSR count). The molecular weight excluding hydrogens is 336 g/mol. The van der Waals surface area contributed by atoms with Gasteiger partial charge in [-0.15, -0.1) is 12.4 Å². The van der Waals surface area contributed by atoms with E-state index in [-0.39, 0.29) is 24.0 Å². The zero-order valence-electron chi connectivity index (χ0n) is 13.1. The summed E-state index contributed by atoms with van der Waals surface area (Å²) in [7, 11) is -3.58. The smallest absolute Gasteiger partial charge is 0.260 e. The van der Waals surface area contributed by atoms with Gasteiger partial charge < -0.3 is 5.73 Å². The number of aryl methyl sites for hydroxylation is 1. The van der Waals surface area contributed by atoms with Gasteiger partial charge in [0.25, 0.3) is 10.0 Å². The highest BCUT2D eigenvalue weighted by atomic mass is 35.5. The lowest BCUT2D eigenvalue weighted by molar-refractivity contribution is 0.413. The molecule has 0 atom stereocenters. The molecule has 1 aromatic carbocycles. The summed E-state index contributed by atoms with van der Waals surface area (Å²) in [5, 5.41) is 4.26. The van der Waals surface area contributed by atoms with Gasteiger partial charge in [0.15, 0.2) is 5.03 Å². The Bertz CT molecular complexity index is 689. The molecule has 2 aromatic rings. The van der Waals surface area contributed by atoms with E-state index >= 15 is 0 Å². The monoisotopic (exact) mass is 358 g/mol. The highest BCUT2D eigenvalue weighted by Gasteiger charge is 2.26. The minimum atomic E-state index is -3.58. The Balaban J connectivity index is 0.00000264. The topological polar surface area (TPSA) is 81.2 Å². The Morgan fingerprint density at radius 1 is 1.17 bits per heavy atom. The maximum atomic E-state index is 12.8. The van der Waals surface area contributed by atoms with Gasteiger partial charge in [-0.05, 0) is 25.0 Å². The second-order valence-corrected chi connectivity index (χ2v) is 6.80. The van der Waals surface area contributed by atoms with Crippen molar-refractivity contribution in [3.05, 3.63) is 48.2 Å². The normalized spacial score (nSPS) is 11.4. The Hall–Kier alpha value is -1.41. The zero-order valence-corrected chi connectivity index (χ0v) is 14.8. The number of hydrogen-bond acceptors (Lipinski definition) is 4. The summed E-state index contributed by atoms with van der Waals surface area (Å²) in [6.45, 7) is 3.36. The molecule has 1 heterocycles. The summed E-state index contributed by atoms with van der Waals surface area (Å²) in [5.41, 5.74) is 6.69. The van der Waals surface area contributed by atoms with Gasteiger partial charge in [0.05, 0.1) is 6.20 Å². The first-order chi connectivity index (χ1) is 10.6. The minimum Gasteiger partial charge on any atom is -0.329 e. The highest BCUT2D eigenvalue weighted by Crippen LogP contribution is 2.16. The fraction of sp³-hybridized carbons (Fsp3) is 0.400. The minimum absolute atomic E-state index is 0. The lowest BCUT2D eigenvalue weighted by Gasteiger charge is -2.21. The van der Waals surface area contributed by atoms with Crippen LogP contribution in [0, 0.1) is 0 Å². The van der Waals surface area contributed by atoms with Gasteiger partial charge in [0.2, 0.25) is 0 Å². The summed E-state index contributed by atoms with van der Waals surface area (Å²) in [4.78, 5) is 0. The van der Waals surface area contributed by atoms with Crippen molar-refractivity contribution in [2.75, 3.05) is 19.6 Å².